The van der Waals surface area contributed by atoms with E-state index in [2.05, 4.69) is 31.1 Å². The van der Waals surface area contributed by atoms with Crippen LogP contribution in [0.5, 0.6) is 0 Å². The molecule has 2 amide bonds. The van der Waals surface area contributed by atoms with Crippen molar-refractivity contribution in [3.63, 3.8) is 0 Å². The van der Waals surface area contributed by atoms with Gasteiger partial charge in [-0.3, -0.25) is 19.5 Å². The van der Waals surface area contributed by atoms with Gasteiger partial charge in [-0.25, -0.2) is 0 Å². The third-order valence-electron chi connectivity index (χ3n) is 4.97. The zero-order chi connectivity index (χ0) is 23.5. The van der Waals surface area contributed by atoms with Crippen molar-refractivity contribution in [2.75, 3.05) is 4.90 Å². The van der Waals surface area contributed by atoms with Gasteiger partial charge in [0.25, 0.3) is 5.91 Å². The summed E-state index contributed by atoms with van der Waals surface area (Å²) in [4.78, 5) is 33.6. The van der Waals surface area contributed by atoms with E-state index in [1.165, 1.54) is 11.3 Å². The van der Waals surface area contributed by atoms with Crippen molar-refractivity contribution in [1.29, 1.82) is 0 Å². The molecule has 1 atom stereocenters. The first kappa shape index (κ1) is 23.7. The molecule has 6 heteroatoms. The van der Waals surface area contributed by atoms with Crippen LogP contribution in [-0.4, -0.2) is 22.3 Å². The lowest BCUT2D eigenvalue weighted by atomic mass is 9.87. The quantitative estimate of drug-likeness (QED) is 0.540. The predicted molar refractivity (Wildman–Crippen MR) is 131 cm³/mol. The van der Waals surface area contributed by atoms with Gasteiger partial charge in [0.2, 0.25) is 5.91 Å². The number of carbonyl (C=O) groups is 2. The SMILES string of the molecule is CC(C)(C)NC(=O)C(c1cccnc1)N(C(=O)c1cccs1)c1ccc(C(C)(C)C)cc1. The number of hydrogen-bond donors (Lipinski definition) is 1. The summed E-state index contributed by atoms with van der Waals surface area (Å²) in [5.41, 5.74) is 1.99. The molecule has 0 bridgehead atoms. The molecule has 0 saturated heterocycles. The minimum atomic E-state index is -0.863. The van der Waals surface area contributed by atoms with Crippen LogP contribution >= 0.6 is 11.3 Å². The van der Waals surface area contributed by atoms with Crippen LogP contribution in [-0.2, 0) is 10.2 Å². The molecular formula is C26H31N3O2S. The standard InChI is InChI=1S/C26H31N3O2S/c1-25(2,3)19-11-13-20(14-12-19)29(24(31)21-10-8-16-32-21)22(18-9-7-15-27-17-18)23(30)28-26(4,5)6/h7-17,22H,1-6H3,(H,28,30). The molecule has 0 radical (unpaired) electrons. The number of anilines is 1. The fraction of sp³-hybridized carbons (Fsp3) is 0.346. The number of pyridine rings is 1. The Kier molecular flexibility index (Phi) is 6.84. The molecule has 2 aromatic heterocycles. The molecule has 3 rings (SSSR count). The van der Waals surface area contributed by atoms with Gasteiger partial charge < -0.3 is 5.32 Å². The van der Waals surface area contributed by atoms with Crippen LogP contribution in [0.25, 0.3) is 0 Å². The van der Waals surface area contributed by atoms with Crippen LogP contribution < -0.4 is 10.2 Å². The van der Waals surface area contributed by atoms with E-state index in [1.54, 1.807) is 29.4 Å². The van der Waals surface area contributed by atoms with Gasteiger partial charge in [0.15, 0.2) is 0 Å². The van der Waals surface area contributed by atoms with Gasteiger partial charge >= 0.3 is 0 Å². The van der Waals surface area contributed by atoms with Crippen molar-refractivity contribution in [3.8, 4) is 0 Å². The second-order valence-electron chi connectivity index (χ2n) is 9.88. The first-order valence-corrected chi connectivity index (χ1v) is 11.5. The Morgan fingerprint density at radius 2 is 1.66 bits per heavy atom. The molecule has 3 aromatic rings. The number of aromatic nitrogens is 1. The summed E-state index contributed by atoms with van der Waals surface area (Å²) in [7, 11) is 0. The van der Waals surface area contributed by atoms with Gasteiger partial charge in [0, 0.05) is 29.2 Å². The second-order valence-corrected chi connectivity index (χ2v) is 10.8. The van der Waals surface area contributed by atoms with Crippen molar-refractivity contribution in [2.45, 2.75) is 58.5 Å². The van der Waals surface area contributed by atoms with Gasteiger partial charge in [-0.05, 0) is 61.4 Å². The highest BCUT2D eigenvalue weighted by Gasteiger charge is 2.35. The van der Waals surface area contributed by atoms with Crippen LogP contribution in [0.4, 0.5) is 5.69 Å². The Balaban J connectivity index is 2.15. The van der Waals surface area contributed by atoms with E-state index in [-0.39, 0.29) is 17.2 Å². The molecule has 32 heavy (non-hydrogen) atoms. The average Bonchev–Trinajstić information content (AvgIpc) is 3.25. The Labute approximate surface area is 194 Å². The number of nitrogens with one attached hydrogen (secondary N) is 1. The van der Waals surface area contributed by atoms with E-state index in [0.29, 0.717) is 16.1 Å². The van der Waals surface area contributed by atoms with E-state index >= 15 is 0 Å². The molecule has 0 spiro atoms. The molecule has 5 nitrogen and oxygen atoms in total. The topological polar surface area (TPSA) is 62.3 Å². The zero-order valence-electron chi connectivity index (χ0n) is 19.5. The Hall–Kier alpha value is -2.99. The molecule has 2 heterocycles. The highest BCUT2D eigenvalue weighted by atomic mass is 32.1. The van der Waals surface area contributed by atoms with Crippen molar-refractivity contribution >= 4 is 28.8 Å². The number of carbonyl (C=O) groups excluding carboxylic acids is 2. The molecule has 1 unspecified atom stereocenters. The van der Waals surface area contributed by atoms with Gasteiger partial charge in [-0.1, -0.05) is 45.0 Å². The fourth-order valence-electron chi connectivity index (χ4n) is 3.42. The number of amides is 2. The van der Waals surface area contributed by atoms with E-state index in [9.17, 15) is 9.59 Å². The fourth-order valence-corrected chi connectivity index (χ4v) is 4.08. The van der Waals surface area contributed by atoms with E-state index in [1.807, 2.05) is 62.5 Å². The molecule has 0 aliphatic heterocycles. The van der Waals surface area contributed by atoms with Gasteiger partial charge in [0.1, 0.15) is 6.04 Å². The number of nitrogens with zero attached hydrogens (tertiary/aromatic N) is 2. The van der Waals surface area contributed by atoms with Crippen LogP contribution in [0, 0.1) is 0 Å². The minimum Gasteiger partial charge on any atom is -0.349 e. The molecule has 0 aliphatic carbocycles. The number of thiophene rings is 1. The first-order valence-electron chi connectivity index (χ1n) is 10.7. The summed E-state index contributed by atoms with van der Waals surface area (Å²) < 4.78 is 0. The monoisotopic (exact) mass is 449 g/mol. The predicted octanol–water partition coefficient (Wildman–Crippen LogP) is 5.74. The zero-order valence-corrected chi connectivity index (χ0v) is 20.4. The van der Waals surface area contributed by atoms with E-state index in [4.69, 9.17) is 0 Å². The lowest BCUT2D eigenvalue weighted by molar-refractivity contribution is -0.123. The molecule has 0 saturated carbocycles. The third kappa shape index (κ3) is 5.62. The second kappa shape index (κ2) is 9.25. The summed E-state index contributed by atoms with van der Waals surface area (Å²) in [6, 6.07) is 14.2. The maximum Gasteiger partial charge on any atom is 0.269 e. The largest absolute Gasteiger partial charge is 0.349 e. The minimum absolute atomic E-state index is 0.0204. The maximum absolute atomic E-state index is 13.7. The van der Waals surface area contributed by atoms with Crippen LogP contribution in [0.2, 0.25) is 0 Å². The number of benzene rings is 1. The summed E-state index contributed by atoms with van der Waals surface area (Å²) in [5.74, 6) is -0.475. The van der Waals surface area contributed by atoms with Gasteiger partial charge in [-0.15, -0.1) is 11.3 Å². The van der Waals surface area contributed by atoms with Crippen molar-refractivity contribution < 1.29 is 9.59 Å². The van der Waals surface area contributed by atoms with Crippen LogP contribution in [0.3, 0.4) is 0 Å². The average molecular weight is 450 g/mol. The van der Waals surface area contributed by atoms with Gasteiger partial charge in [0.05, 0.1) is 4.88 Å². The molecule has 0 fully saturated rings. The van der Waals surface area contributed by atoms with E-state index in [0.717, 1.165) is 5.56 Å². The maximum atomic E-state index is 13.7. The van der Waals surface area contributed by atoms with Gasteiger partial charge in [-0.2, -0.15) is 0 Å². The molecule has 0 aliphatic rings. The van der Waals surface area contributed by atoms with Crippen molar-refractivity contribution in [1.82, 2.24) is 10.3 Å². The third-order valence-corrected chi connectivity index (χ3v) is 5.83. The Morgan fingerprint density at radius 1 is 0.969 bits per heavy atom. The summed E-state index contributed by atoms with van der Waals surface area (Å²) in [6.45, 7) is 12.2. The number of rotatable bonds is 5. The van der Waals surface area contributed by atoms with E-state index < -0.39 is 11.6 Å². The van der Waals surface area contributed by atoms with Crippen LogP contribution in [0.15, 0.2) is 66.3 Å². The Bertz CT molecular complexity index is 1050. The lowest BCUT2D eigenvalue weighted by Gasteiger charge is -2.33. The smallest absolute Gasteiger partial charge is 0.269 e. The summed E-state index contributed by atoms with van der Waals surface area (Å²) in [5, 5.41) is 4.91. The van der Waals surface area contributed by atoms with Crippen molar-refractivity contribution in [2.24, 2.45) is 0 Å². The van der Waals surface area contributed by atoms with Crippen LogP contribution in [0.1, 0.15) is 68.4 Å². The first-order chi connectivity index (χ1) is 15.0. The normalized spacial score (nSPS) is 12.8. The number of hydrogen-bond acceptors (Lipinski definition) is 4. The summed E-state index contributed by atoms with van der Waals surface area (Å²) in [6.07, 6.45) is 3.30. The highest BCUT2D eigenvalue weighted by Crippen LogP contribution is 2.33. The Morgan fingerprint density at radius 3 is 2.16 bits per heavy atom. The molecular weight excluding hydrogens is 418 g/mol. The van der Waals surface area contributed by atoms with Crippen molar-refractivity contribution in [3.05, 3.63) is 82.3 Å². The molecule has 168 valence electrons. The molecule has 1 N–H and O–H groups in total. The lowest BCUT2D eigenvalue weighted by Crippen LogP contribution is -2.49. The highest BCUT2D eigenvalue weighted by molar-refractivity contribution is 7.12. The summed E-state index contributed by atoms with van der Waals surface area (Å²) >= 11 is 1.36. The molecule has 1 aromatic carbocycles.